The van der Waals surface area contributed by atoms with Gasteiger partial charge in [0.25, 0.3) is 0 Å². The summed E-state index contributed by atoms with van der Waals surface area (Å²) in [6.45, 7) is 7.94. The summed E-state index contributed by atoms with van der Waals surface area (Å²) in [5.41, 5.74) is 2.43. The number of benzene rings is 1. The largest absolute Gasteiger partial charge is 0.439 e. The van der Waals surface area contributed by atoms with Crippen LogP contribution in [0.5, 0.6) is 11.6 Å². The van der Waals surface area contributed by atoms with Crippen LogP contribution in [-0.2, 0) is 0 Å². The molecule has 0 bridgehead atoms. The lowest BCUT2D eigenvalue weighted by Crippen LogP contribution is -2.16. The van der Waals surface area contributed by atoms with Gasteiger partial charge in [0.05, 0.1) is 11.9 Å². The number of hydrogen-bond acceptors (Lipinski definition) is 4. The molecule has 24 heavy (non-hydrogen) atoms. The van der Waals surface area contributed by atoms with Crippen LogP contribution >= 0.6 is 0 Å². The van der Waals surface area contributed by atoms with Crippen molar-refractivity contribution in [2.75, 3.05) is 0 Å². The van der Waals surface area contributed by atoms with Crippen LogP contribution in [0, 0.1) is 13.8 Å². The molecule has 0 aliphatic rings. The van der Waals surface area contributed by atoms with E-state index in [-0.39, 0.29) is 5.69 Å². The van der Waals surface area contributed by atoms with E-state index in [1.165, 1.54) is 10.1 Å². The SMILES string of the molecule is Cc1cc(-n2c(C)n[nH]c2=O)cnc1Oc1cccc(C(C)C)c1. The second kappa shape index (κ2) is 6.31. The van der Waals surface area contributed by atoms with Gasteiger partial charge in [-0.1, -0.05) is 26.0 Å². The van der Waals surface area contributed by atoms with Gasteiger partial charge in [-0.2, -0.15) is 5.10 Å². The van der Waals surface area contributed by atoms with E-state index in [0.717, 1.165) is 11.3 Å². The van der Waals surface area contributed by atoms with Crippen molar-refractivity contribution in [3.05, 3.63) is 64.0 Å². The number of aryl methyl sites for hydroxylation is 2. The minimum absolute atomic E-state index is 0.285. The normalized spacial score (nSPS) is 11.0. The number of nitrogens with one attached hydrogen (secondary N) is 1. The Kier molecular flexibility index (Phi) is 4.20. The average molecular weight is 324 g/mol. The van der Waals surface area contributed by atoms with Crippen LogP contribution in [0.15, 0.2) is 41.3 Å². The molecule has 3 rings (SSSR count). The molecule has 2 aromatic heterocycles. The molecule has 0 aliphatic heterocycles. The number of rotatable bonds is 4. The van der Waals surface area contributed by atoms with Crippen molar-refractivity contribution < 1.29 is 4.74 Å². The minimum Gasteiger partial charge on any atom is -0.439 e. The highest BCUT2D eigenvalue weighted by molar-refractivity contribution is 5.41. The first kappa shape index (κ1) is 16.0. The first-order valence-electron chi connectivity index (χ1n) is 7.84. The topological polar surface area (TPSA) is 72.8 Å². The van der Waals surface area contributed by atoms with E-state index in [4.69, 9.17) is 4.74 Å². The number of nitrogens with zero attached hydrogens (tertiary/aromatic N) is 3. The van der Waals surface area contributed by atoms with Gasteiger partial charge in [-0.15, -0.1) is 0 Å². The molecule has 0 saturated heterocycles. The average Bonchev–Trinajstić information content (AvgIpc) is 2.88. The summed E-state index contributed by atoms with van der Waals surface area (Å²) in [5.74, 6) is 2.29. The number of ether oxygens (including phenoxy) is 1. The molecule has 1 N–H and O–H groups in total. The molecule has 6 heteroatoms. The van der Waals surface area contributed by atoms with Crippen molar-refractivity contribution in [1.82, 2.24) is 19.7 Å². The van der Waals surface area contributed by atoms with Gasteiger partial charge in [0.15, 0.2) is 0 Å². The molecule has 2 heterocycles. The fourth-order valence-corrected chi connectivity index (χ4v) is 2.51. The zero-order chi connectivity index (χ0) is 17.3. The molecule has 0 unspecified atom stereocenters. The Morgan fingerprint density at radius 1 is 1.21 bits per heavy atom. The van der Waals surface area contributed by atoms with Gasteiger partial charge in [-0.25, -0.2) is 19.4 Å². The van der Waals surface area contributed by atoms with E-state index in [1.807, 2.05) is 31.2 Å². The van der Waals surface area contributed by atoms with E-state index < -0.39 is 0 Å². The summed E-state index contributed by atoms with van der Waals surface area (Å²) in [7, 11) is 0. The molecule has 124 valence electrons. The summed E-state index contributed by atoms with van der Waals surface area (Å²) in [5, 5.41) is 6.33. The maximum atomic E-state index is 11.8. The Bertz CT molecular complexity index is 925. The monoisotopic (exact) mass is 324 g/mol. The predicted octanol–water partition coefficient (Wildman–Crippen LogP) is 3.49. The lowest BCUT2D eigenvalue weighted by molar-refractivity contribution is 0.457. The van der Waals surface area contributed by atoms with Crippen molar-refractivity contribution in [2.45, 2.75) is 33.6 Å². The molecule has 6 nitrogen and oxygen atoms in total. The number of aromatic nitrogens is 4. The smallest absolute Gasteiger partial charge is 0.347 e. The summed E-state index contributed by atoms with van der Waals surface area (Å²) in [4.78, 5) is 16.2. The molecule has 0 spiro atoms. The number of H-pyrrole nitrogens is 1. The van der Waals surface area contributed by atoms with Crippen molar-refractivity contribution in [1.29, 1.82) is 0 Å². The lowest BCUT2D eigenvalue weighted by Gasteiger charge is -2.11. The van der Waals surface area contributed by atoms with Crippen LogP contribution in [0.1, 0.15) is 36.7 Å². The molecule has 0 fully saturated rings. The van der Waals surface area contributed by atoms with Gasteiger partial charge in [0.2, 0.25) is 5.88 Å². The predicted molar refractivity (Wildman–Crippen MR) is 92.1 cm³/mol. The summed E-state index contributed by atoms with van der Waals surface area (Å²) in [6, 6.07) is 9.84. The number of hydrogen-bond donors (Lipinski definition) is 1. The summed E-state index contributed by atoms with van der Waals surface area (Å²) in [6.07, 6.45) is 1.61. The van der Waals surface area contributed by atoms with Crippen LogP contribution in [0.4, 0.5) is 0 Å². The molecular formula is C18H20N4O2. The molecule has 0 aliphatic carbocycles. The Morgan fingerprint density at radius 2 is 2.00 bits per heavy atom. The van der Waals surface area contributed by atoms with Gasteiger partial charge in [-0.05, 0) is 43.5 Å². The van der Waals surface area contributed by atoms with Crippen molar-refractivity contribution in [3.63, 3.8) is 0 Å². The molecule has 0 atom stereocenters. The van der Waals surface area contributed by atoms with E-state index in [1.54, 1.807) is 13.1 Å². The van der Waals surface area contributed by atoms with Gasteiger partial charge in [-0.3, -0.25) is 0 Å². The first-order valence-corrected chi connectivity index (χ1v) is 7.84. The van der Waals surface area contributed by atoms with Crippen LogP contribution in [0.3, 0.4) is 0 Å². The quantitative estimate of drug-likeness (QED) is 0.797. The molecule has 3 aromatic rings. The second-order valence-electron chi connectivity index (χ2n) is 6.06. The third-order valence-corrected chi connectivity index (χ3v) is 3.85. The van der Waals surface area contributed by atoms with E-state index in [2.05, 4.69) is 35.1 Å². The van der Waals surface area contributed by atoms with Gasteiger partial charge in [0.1, 0.15) is 11.6 Å². The van der Waals surface area contributed by atoms with Crippen molar-refractivity contribution in [2.24, 2.45) is 0 Å². The van der Waals surface area contributed by atoms with Gasteiger partial charge < -0.3 is 4.74 Å². The number of pyridine rings is 1. The zero-order valence-electron chi connectivity index (χ0n) is 14.2. The maximum Gasteiger partial charge on any atom is 0.347 e. The van der Waals surface area contributed by atoms with E-state index in [0.29, 0.717) is 23.3 Å². The molecular weight excluding hydrogens is 304 g/mol. The third-order valence-electron chi connectivity index (χ3n) is 3.85. The summed E-state index contributed by atoms with van der Waals surface area (Å²) < 4.78 is 7.39. The van der Waals surface area contributed by atoms with Crippen LogP contribution in [-0.4, -0.2) is 19.7 Å². The molecule has 1 aromatic carbocycles. The number of aromatic amines is 1. The second-order valence-corrected chi connectivity index (χ2v) is 6.06. The van der Waals surface area contributed by atoms with E-state index in [9.17, 15) is 4.79 Å². The highest BCUT2D eigenvalue weighted by Gasteiger charge is 2.11. The lowest BCUT2D eigenvalue weighted by atomic mass is 10.0. The highest BCUT2D eigenvalue weighted by atomic mass is 16.5. The first-order chi connectivity index (χ1) is 11.5. The Hall–Kier alpha value is -2.89. The van der Waals surface area contributed by atoms with Crippen molar-refractivity contribution >= 4 is 0 Å². The minimum atomic E-state index is -0.285. The van der Waals surface area contributed by atoms with Crippen LogP contribution < -0.4 is 10.4 Å². The maximum absolute atomic E-state index is 11.8. The summed E-state index contributed by atoms with van der Waals surface area (Å²) >= 11 is 0. The molecule has 0 saturated carbocycles. The standard InChI is InChI=1S/C18H20N4O2/c1-11(2)14-6-5-7-16(9-14)24-17-12(3)8-15(10-19-17)22-13(4)20-21-18(22)23/h5-11H,1-4H3,(H,21,23). The Labute approximate surface area is 140 Å². The van der Waals surface area contributed by atoms with Gasteiger partial charge in [0, 0.05) is 5.56 Å². The fraction of sp³-hybridized carbons (Fsp3) is 0.278. The Balaban J connectivity index is 1.91. The fourth-order valence-electron chi connectivity index (χ4n) is 2.51. The highest BCUT2D eigenvalue weighted by Crippen LogP contribution is 2.26. The molecule has 0 radical (unpaired) electrons. The Morgan fingerprint density at radius 3 is 2.62 bits per heavy atom. The molecule has 0 amide bonds. The third kappa shape index (κ3) is 3.08. The van der Waals surface area contributed by atoms with E-state index >= 15 is 0 Å². The van der Waals surface area contributed by atoms with Crippen LogP contribution in [0.25, 0.3) is 5.69 Å². The van der Waals surface area contributed by atoms with Crippen molar-refractivity contribution in [3.8, 4) is 17.3 Å². The van der Waals surface area contributed by atoms with Crippen LogP contribution in [0.2, 0.25) is 0 Å². The zero-order valence-corrected chi connectivity index (χ0v) is 14.2. The van der Waals surface area contributed by atoms with Gasteiger partial charge >= 0.3 is 5.69 Å².